The lowest BCUT2D eigenvalue weighted by molar-refractivity contribution is 0.0693. The Morgan fingerprint density at radius 1 is 1.50 bits per heavy atom. The summed E-state index contributed by atoms with van der Waals surface area (Å²) in [7, 11) is 1.97. The maximum absolute atomic E-state index is 11.2. The number of rotatable bonds is 1. The average molecular weight is 241 g/mol. The third-order valence-electron chi connectivity index (χ3n) is 2.96. The van der Waals surface area contributed by atoms with Crippen LogP contribution in [-0.2, 0) is 13.0 Å². The summed E-state index contributed by atoms with van der Waals surface area (Å²) in [5.74, 6) is -0.996. The van der Waals surface area contributed by atoms with E-state index in [0.29, 0.717) is 6.54 Å². The van der Waals surface area contributed by atoms with Gasteiger partial charge in [-0.05, 0) is 31.5 Å². The summed E-state index contributed by atoms with van der Waals surface area (Å²) in [6.45, 7) is 3.43. The van der Waals surface area contributed by atoms with Crippen LogP contribution in [-0.4, -0.2) is 34.6 Å². The van der Waals surface area contributed by atoms with Gasteiger partial charge in [-0.2, -0.15) is 0 Å². The normalized spacial score (nSPS) is 15.9. The van der Waals surface area contributed by atoms with Crippen molar-refractivity contribution in [3.05, 3.63) is 27.5 Å². The largest absolute Gasteiger partial charge is 0.478 e. The number of likely N-dealkylation sites (N-methyl/N-ethyl adjacent to an activating group) is 1. The molecule has 0 fully saturated rings. The average Bonchev–Trinajstić information content (AvgIpc) is 2.15. The maximum Gasteiger partial charge on any atom is 0.339 e. The molecule has 1 aromatic heterocycles. The second-order valence-electron chi connectivity index (χ2n) is 4.11. The first-order chi connectivity index (χ1) is 7.50. The predicted molar refractivity (Wildman–Crippen MR) is 61.0 cm³/mol. The molecular weight excluding hydrogens is 228 g/mol. The minimum atomic E-state index is -0.996. The third kappa shape index (κ3) is 1.79. The monoisotopic (exact) mass is 240 g/mol. The van der Waals surface area contributed by atoms with Crippen LogP contribution in [0.4, 0.5) is 0 Å². The Morgan fingerprint density at radius 3 is 2.81 bits per heavy atom. The maximum atomic E-state index is 11.2. The molecule has 0 aromatic carbocycles. The first-order valence-corrected chi connectivity index (χ1v) is 5.48. The van der Waals surface area contributed by atoms with Crippen molar-refractivity contribution in [2.45, 2.75) is 19.9 Å². The van der Waals surface area contributed by atoms with Crippen LogP contribution in [0.5, 0.6) is 0 Å². The highest BCUT2D eigenvalue weighted by atomic mass is 35.5. The molecule has 1 aliphatic rings. The zero-order valence-corrected chi connectivity index (χ0v) is 10.0. The Balaban J connectivity index is 2.66. The number of aromatic carboxylic acids is 1. The van der Waals surface area contributed by atoms with Crippen molar-refractivity contribution < 1.29 is 9.90 Å². The van der Waals surface area contributed by atoms with Crippen LogP contribution in [0.3, 0.4) is 0 Å². The first-order valence-electron chi connectivity index (χ1n) is 5.10. The Labute approximate surface area is 98.9 Å². The van der Waals surface area contributed by atoms with Crippen LogP contribution in [0.25, 0.3) is 0 Å². The van der Waals surface area contributed by atoms with Crippen molar-refractivity contribution in [2.75, 3.05) is 13.6 Å². The molecule has 0 unspecified atom stereocenters. The Hall–Kier alpha value is -1.13. The summed E-state index contributed by atoms with van der Waals surface area (Å²) in [5.41, 5.74) is 2.87. The topological polar surface area (TPSA) is 53.4 Å². The molecular formula is C11H13ClN2O2. The smallest absolute Gasteiger partial charge is 0.339 e. The molecule has 1 N–H and O–H groups in total. The van der Waals surface area contributed by atoms with Gasteiger partial charge in [-0.15, -0.1) is 0 Å². The number of carboxylic acid groups (broad SMARTS) is 1. The van der Waals surface area contributed by atoms with Gasteiger partial charge in [-0.25, -0.2) is 9.78 Å². The van der Waals surface area contributed by atoms with Crippen molar-refractivity contribution in [1.29, 1.82) is 0 Å². The zero-order chi connectivity index (χ0) is 11.9. The molecule has 0 amide bonds. The van der Waals surface area contributed by atoms with Gasteiger partial charge in [0.25, 0.3) is 0 Å². The summed E-state index contributed by atoms with van der Waals surface area (Å²) in [6.07, 6.45) is 0.835. The van der Waals surface area contributed by atoms with Gasteiger partial charge in [0.1, 0.15) is 10.7 Å². The zero-order valence-electron chi connectivity index (χ0n) is 9.25. The van der Waals surface area contributed by atoms with Crippen LogP contribution in [0.15, 0.2) is 0 Å². The van der Waals surface area contributed by atoms with Crippen molar-refractivity contribution in [1.82, 2.24) is 9.88 Å². The molecule has 0 atom stereocenters. The summed E-state index contributed by atoms with van der Waals surface area (Å²) < 4.78 is 0. The van der Waals surface area contributed by atoms with Gasteiger partial charge in [0.05, 0.1) is 0 Å². The number of fused-ring (bicyclic) bond motifs is 1. The van der Waals surface area contributed by atoms with Gasteiger partial charge in [0.2, 0.25) is 0 Å². The van der Waals surface area contributed by atoms with Crippen LogP contribution in [0.2, 0.25) is 5.15 Å². The van der Waals surface area contributed by atoms with E-state index in [1.165, 1.54) is 0 Å². The second-order valence-corrected chi connectivity index (χ2v) is 4.47. The highest BCUT2D eigenvalue weighted by Crippen LogP contribution is 2.28. The Kier molecular flexibility index (Phi) is 2.86. The van der Waals surface area contributed by atoms with E-state index in [1.54, 1.807) is 0 Å². The van der Waals surface area contributed by atoms with Gasteiger partial charge in [0, 0.05) is 18.8 Å². The number of nitrogens with zero attached hydrogens (tertiary/aromatic N) is 2. The molecule has 4 nitrogen and oxygen atoms in total. The number of halogens is 1. The highest BCUT2D eigenvalue weighted by molar-refractivity contribution is 6.32. The number of carboxylic acids is 1. The fraction of sp³-hybridized carbons (Fsp3) is 0.455. The van der Waals surface area contributed by atoms with E-state index < -0.39 is 5.97 Å². The molecule has 0 radical (unpaired) electrons. The number of hydrogen-bond donors (Lipinski definition) is 1. The molecule has 0 aliphatic carbocycles. The van der Waals surface area contributed by atoms with Crippen molar-refractivity contribution in [3.63, 3.8) is 0 Å². The summed E-state index contributed by atoms with van der Waals surface area (Å²) >= 11 is 5.90. The van der Waals surface area contributed by atoms with Gasteiger partial charge >= 0.3 is 5.97 Å². The lowest BCUT2D eigenvalue weighted by Gasteiger charge is -2.27. The molecule has 2 rings (SSSR count). The van der Waals surface area contributed by atoms with Crippen LogP contribution < -0.4 is 0 Å². The SMILES string of the molecule is Cc1nc(Cl)c(C(=O)O)c2c1CCN(C)C2. The molecule has 16 heavy (non-hydrogen) atoms. The van der Waals surface area contributed by atoms with Gasteiger partial charge in [0.15, 0.2) is 0 Å². The van der Waals surface area contributed by atoms with Gasteiger partial charge < -0.3 is 10.0 Å². The van der Waals surface area contributed by atoms with E-state index in [0.717, 1.165) is 29.8 Å². The van der Waals surface area contributed by atoms with E-state index in [-0.39, 0.29) is 10.7 Å². The summed E-state index contributed by atoms with van der Waals surface area (Å²) in [4.78, 5) is 17.4. The number of carbonyl (C=O) groups is 1. The number of aromatic nitrogens is 1. The fourth-order valence-corrected chi connectivity index (χ4v) is 2.46. The van der Waals surface area contributed by atoms with Gasteiger partial charge in [-0.1, -0.05) is 11.6 Å². The summed E-state index contributed by atoms with van der Waals surface area (Å²) in [6, 6.07) is 0. The first kappa shape index (κ1) is 11.4. The van der Waals surface area contributed by atoms with Crippen LogP contribution in [0, 0.1) is 6.92 Å². The lowest BCUT2D eigenvalue weighted by atomic mass is 9.95. The standard InChI is InChI=1S/C11H13ClN2O2/c1-6-7-3-4-14(2)5-8(7)9(11(15)16)10(12)13-6/h3-5H2,1-2H3,(H,15,16). The molecule has 0 spiro atoms. The quantitative estimate of drug-likeness (QED) is 0.760. The van der Waals surface area contributed by atoms with E-state index in [4.69, 9.17) is 16.7 Å². The highest BCUT2D eigenvalue weighted by Gasteiger charge is 2.25. The van der Waals surface area contributed by atoms with E-state index in [1.807, 2.05) is 14.0 Å². The van der Waals surface area contributed by atoms with E-state index >= 15 is 0 Å². The van der Waals surface area contributed by atoms with Crippen molar-refractivity contribution >= 4 is 17.6 Å². The second kappa shape index (κ2) is 4.03. The molecule has 86 valence electrons. The molecule has 1 aromatic rings. The minimum Gasteiger partial charge on any atom is -0.478 e. The van der Waals surface area contributed by atoms with E-state index in [2.05, 4.69) is 9.88 Å². The number of pyridine rings is 1. The van der Waals surface area contributed by atoms with Crippen molar-refractivity contribution in [3.8, 4) is 0 Å². The van der Waals surface area contributed by atoms with Gasteiger partial charge in [-0.3, -0.25) is 0 Å². The van der Waals surface area contributed by atoms with E-state index in [9.17, 15) is 4.79 Å². The third-order valence-corrected chi connectivity index (χ3v) is 3.23. The lowest BCUT2D eigenvalue weighted by Crippen LogP contribution is -2.29. The molecule has 5 heteroatoms. The molecule has 0 saturated heterocycles. The Bertz CT molecular complexity index is 460. The number of hydrogen-bond acceptors (Lipinski definition) is 3. The van der Waals surface area contributed by atoms with Crippen LogP contribution in [0.1, 0.15) is 27.2 Å². The fourth-order valence-electron chi connectivity index (χ4n) is 2.14. The predicted octanol–water partition coefficient (Wildman–Crippen LogP) is 1.73. The Morgan fingerprint density at radius 2 is 2.19 bits per heavy atom. The van der Waals surface area contributed by atoms with Crippen molar-refractivity contribution in [2.24, 2.45) is 0 Å². The number of aryl methyl sites for hydroxylation is 1. The summed E-state index contributed by atoms with van der Waals surface area (Å²) in [5, 5.41) is 9.25. The molecule has 0 bridgehead atoms. The molecule has 2 heterocycles. The molecule has 1 aliphatic heterocycles. The molecule has 0 saturated carbocycles. The van der Waals surface area contributed by atoms with Crippen LogP contribution >= 0.6 is 11.6 Å². The minimum absolute atomic E-state index is 0.0963.